The highest BCUT2D eigenvalue weighted by Gasteiger charge is 2.22. The smallest absolute Gasteiger partial charge is 0.165 e. The van der Waals surface area contributed by atoms with Gasteiger partial charge in [0.25, 0.3) is 0 Å². The lowest BCUT2D eigenvalue weighted by atomic mass is 10.1. The molecule has 1 aromatic rings. The van der Waals surface area contributed by atoms with E-state index in [1.54, 1.807) is 0 Å². The van der Waals surface area contributed by atoms with Gasteiger partial charge >= 0.3 is 0 Å². The second-order valence-corrected chi connectivity index (χ2v) is 5.49. The summed E-state index contributed by atoms with van der Waals surface area (Å²) >= 11 is 2.95. The average Bonchev–Trinajstić information content (AvgIpc) is 3.11. The van der Waals surface area contributed by atoms with Crippen molar-refractivity contribution in [3.63, 3.8) is 0 Å². The number of hydrogen-bond donors (Lipinski definition) is 1. The largest absolute Gasteiger partial charge is 0.506 e. The molecule has 0 saturated heterocycles. The van der Waals surface area contributed by atoms with Crippen LogP contribution in [0, 0.1) is 11.6 Å². The summed E-state index contributed by atoms with van der Waals surface area (Å²) < 4.78 is 27.8. The molecule has 106 valence electrons. The van der Waals surface area contributed by atoms with E-state index in [0.717, 1.165) is 25.0 Å². The summed E-state index contributed by atoms with van der Waals surface area (Å²) in [5, 5.41) is 10.0. The van der Waals surface area contributed by atoms with Gasteiger partial charge in [0, 0.05) is 10.7 Å². The lowest BCUT2D eigenvalue weighted by Crippen LogP contribution is -2.06. The quantitative estimate of drug-likeness (QED) is 0.513. The molecule has 6 heteroatoms. The number of halogens is 3. The Balaban J connectivity index is 2.51. The molecule has 0 aromatic heterocycles. The Morgan fingerprint density at radius 1 is 1.40 bits per heavy atom. The first kappa shape index (κ1) is 14.8. The second kappa shape index (κ2) is 5.83. The molecule has 0 aliphatic heterocycles. The SMILES string of the molecule is CC(=O)C(C=NC1CC1)=C(O)c1c(F)cc(Br)cc1F. The standard InChI is InChI=1S/C14H12BrF2NO2/c1-7(19)10(6-18-9-2-3-9)14(20)13-11(16)4-8(15)5-12(13)17/h4-6,9,20H,2-3H2,1H3. The number of Topliss-reactive ketones (excluding diaryl/α,β-unsaturated/α-hetero) is 1. The maximum Gasteiger partial charge on any atom is 0.165 e. The van der Waals surface area contributed by atoms with Crippen molar-refractivity contribution >= 4 is 33.7 Å². The molecule has 2 rings (SSSR count). The fourth-order valence-electron chi connectivity index (χ4n) is 1.63. The molecule has 1 aliphatic rings. The van der Waals surface area contributed by atoms with Crippen molar-refractivity contribution < 1.29 is 18.7 Å². The fourth-order valence-corrected chi connectivity index (χ4v) is 2.03. The number of benzene rings is 1. The zero-order chi connectivity index (χ0) is 14.9. The molecular weight excluding hydrogens is 332 g/mol. The minimum Gasteiger partial charge on any atom is -0.506 e. The van der Waals surface area contributed by atoms with Crippen LogP contribution >= 0.6 is 15.9 Å². The van der Waals surface area contributed by atoms with Gasteiger partial charge in [-0.2, -0.15) is 0 Å². The highest BCUT2D eigenvalue weighted by Crippen LogP contribution is 2.27. The first-order valence-electron chi connectivity index (χ1n) is 6.02. The number of nitrogens with zero attached hydrogens (tertiary/aromatic N) is 1. The first-order valence-corrected chi connectivity index (χ1v) is 6.81. The van der Waals surface area contributed by atoms with Crippen molar-refractivity contribution in [1.29, 1.82) is 0 Å². The van der Waals surface area contributed by atoms with Gasteiger partial charge in [-0.15, -0.1) is 0 Å². The van der Waals surface area contributed by atoms with Gasteiger partial charge in [-0.1, -0.05) is 15.9 Å². The number of aliphatic imine (C=N–C) groups is 1. The molecule has 1 aromatic carbocycles. The van der Waals surface area contributed by atoms with E-state index in [0.29, 0.717) is 0 Å². The Morgan fingerprint density at radius 3 is 2.40 bits per heavy atom. The zero-order valence-corrected chi connectivity index (χ0v) is 12.2. The number of aliphatic hydroxyl groups is 1. The Kier molecular flexibility index (Phi) is 4.32. The van der Waals surface area contributed by atoms with E-state index in [-0.39, 0.29) is 16.1 Å². The van der Waals surface area contributed by atoms with Crippen molar-refractivity contribution in [2.75, 3.05) is 0 Å². The highest BCUT2D eigenvalue weighted by atomic mass is 79.9. The number of carbonyl (C=O) groups is 1. The van der Waals surface area contributed by atoms with Gasteiger partial charge in [-0.3, -0.25) is 9.79 Å². The van der Waals surface area contributed by atoms with Gasteiger partial charge in [0.2, 0.25) is 0 Å². The zero-order valence-electron chi connectivity index (χ0n) is 10.7. The van der Waals surface area contributed by atoms with Crippen LogP contribution in [0.1, 0.15) is 25.3 Å². The third-order valence-corrected chi connectivity index (χ3v) is 3.30. The van der Waals surface area contributed by atoms with Crippen LogP contribution in [0.2, 0.25) is 0 Å². The van der Waals surface area contributed by atoms with Crippen molar-refractivity contribution in [3.8, 4) is 0 Å². The van der Waals surface area contributed by atoms with E-state index in [9.17, 15) is 18.7 Å². The summed E-state index contributed by atoms with van der Waals surface area (Å²) in [6, 6.07) is 2.17. The highest BCUT2D eigenvalue weighted by molar-refractivity contribution is 9.10. The van der Waals surface area contributed by atoms with E-state index >= 15 is 0 Å². The number of ketones is 1. The molecule has 1 aliphatic carbocycles. The van der Waals surface area contributed by atoms with E-state index in [1.807, 2.05) is 0 Å². The summed E-state index contributed by atoms with van der Waals surface area (Å²) in [5.74, 6) is -3.14. The monoisotopic (exact) mass is 343 g/mol. The minimum atomic E-state index is -0.951. The Hall–Kier alpha value is -1.56. The molecule has 0 unspecified atom stereocenters. The van der Waals surface area contributed by atoms with Gasteiger partial charge in [0.05, 0.1) is 17.2 Å². The predicted molar refractivity (Wildman–Crippen MR) is 75.8 cm³/mol. The molecule has 3 nitrogen and oxygen atoms in total. The molecule has 0 atom stereocenters. The van der Waals surface area contributed by atoms with E-state index in [4.69, 9.17) is 0 Å². The Labute approximate surface area is 123 Å². The number of carbonyl (C=O) groups excluding carboxylic acids is 1. The number of rotatable bonds is 4. The predicted octanol–water partition coefficient (Wildman–Crippen LogP) is 3.82. The van der Waals surface area contributed by atoms with E-state index in [2.05, 4.69) is 20.9 Å². The Bertz CT molecular complexity index is 599. The normalized spacial score (nSPS) is 16.4. The first-order chi connectivity index (χ1) is 9.40. The van der Waals surface area contributed by atoms with Gasteiger partial charge < -0.3 is 5.11 Å². The number of aliphatic hydroxyl groups excluding tert-OH is 1. The van der Waals surface area contributed by atoms with E-state index < -0.39 is 28.7 Å². The minimum absolute atomic E-state index is 0.136. The molecule has 1 fully saturated rings. The van der Waals surface area contributed by atoms with E-state index in [1.165, 1.54) is 13.1 Å². The molecule has 0 radical (unpaired) electrons. The van der Waals surface area contributed by atoms with Crippen LogP contribution in [0.4, 0.5) is 8.78 Å². The van der Waals surface area contributed by atoms with Crippen LogP contribution in [0.25, 0.3) is 5.76 Å². The second-order valence-electron chi connectivity index (χ2n) is 4.57. The summed E-state index contributed by atoms with van der Waals surface area (Å²) in [6.07, 6.45) is 3.03. The summed E-state index contributed by atoms with van der Waals surface area (Å²) in [6.45, 7) is 1.21. The maximum absolute atomic E-state index is 13.8. The van der Waals surface area contributed by atoms with Crippen LogP contribution in [-0.4, -0.2) is 23.1 Å². The fraction of sp³-hybridized carbons (Fsp3) is 0.286. The summed E-state index contributed by atoms with van der Waals surface area (Å²) in [7, 11) is 0. The molecule has 0 amide bonds. The lowest BCUT2D eigenvalue weighted by Gasteiger charge is -2.07. The van der Waals surface area contributed by atoms with Crippen molar-refractivity contribution in [3.05, 3.63) is 39.4 Å². The number of allylic oxidation sites excluding steroid dienone is 1. The summed E-state index contributed by atoms with van der Waals surface area (Å²) in [5.41, 5.74) is -0.822. The topological polar surface area (TPSA) is 49.7 Å². The third kappa shape index (κ3) is 3.30. The molecular formula is C14H12BrF2NO2. The molecule has 0 bridgehead atoms. The lowest BCUT2D eigenvalue weighted by molar-refractivity contribution is -0.113. The van der Waals surface area contributed by atoms with Crippen LogP contribution in [0.3, 0.4) is 0 Å². The molecule has 20 heavy (non-hydrogen) atoms. The van der Waals surface area contributed by atoms with Crippen LogP contribution in [0.15, 0.2) is 27.2 Å². The molecule has 0 spiro atoms. The van der Waals surface area contributed by atoms with Gasteiger partial charge in [-0.25, -0.2) is 8.78 Å². The molecule has 1 saturated carbocycles. The Morgan fingerprint density at radius 2 is 1.95 bits per heavy atom. The van der Waals surface area contributed by atoms with Crippen molar-refractivity contribution in [2.24, 2.45) is 4.99 Å². The van der Waals surface area contributed by atoms with Crippen molar-refractivity contribution in [1.82, 2.24) is 0 Å². The average molecular weight is 344 g/mol. The molecule has 1 N–H and O–H groups in total. The third-order valence-electron chi connectivity index (χ3n) is 2.84. The van der Waals surface area contributed by atoms with Gasteiger partial charge in [-0.05, 0) is 31.9 Å². The maximum atomic E-state index is 13.8. The molecule has 0 heterocycles. The van der Waals surface area contributed by atoms with Crippen LogP contribution in [0.5, 0.6) is 0 Å². The van der Waals surface area contributed by atoms with Crippen LogP contribution in [-0.2, 0) is 4.79 Å². The van der Waals surface area contributed by atoms with Crippen molar-refractivity contribution in [2.45, 2.75) is 25.8 Å². The van der Waals surface area contributed by atoms with Gasteiger partial charge in [0.15, 0.2) is 5.78 Å². The summed E-state index contributed by atoms with van der Waals surface area (Å²) in [4.78, 5) is 15.6. The van der Waals surface area contributed by atoms with Crippen LogP contribution < -0.4 is 0 Å². The van der Waals surface area contributed by atoms with Gasteiger partial charge in [0.1, 0.15) is 17.4 Å². The number of hydrogen-bond acceptors (Lipinski definition) is 3.